The van der Waals surface area contributed by atoms with Crippen molar-refractivity contribution in [3.63, 3.8) is 0 Å². The lowest BCUT2D eigenvalue weighted by atomic mass is 10.0. The van der Waals surface area contributed by atoms with Crippen LogP contribution in [0.25, 0.3) is 33.0 Å². The lowest BCUT2D eigenvalue weighted by Crippen LogP contribution is -2.17. The lowest BCUT2D eigenvalue weighted by molar-refractivity contribution is 0.627. The van der Waals surface area contributed by atoms with Crippen LogP contribution in [-0.2, 0) is 7.05 Å². The summed E-state index contributed by atoms with van der Waals surface area (Å²) in [6, 6.07) is 21.6. The van der Waals surface area contributed by atoms with Gasteiger partial charge in [0, 0.05) is 18.1 Å². The van der Waals surface area contributed by atoms with Crippen LogP contribution in [-0.4, -0.2) is 4.57 Å². The minimum atomic E-state index is -0.335. The summed E-state index contributed by atoms with van der Waals surface area (Å²) in [6.07, 6.45) is 0. The Kier molecular flexibility index (Phi) is 4.17. The van der Waals surface area contributed by atoms with Gasteiger partial charge in [0.1, 0.15) is 5.82 Å². The molecule has 1 N–H and O–H groups in total. The van der Waals surface area contributed by atoms with Crippen molar-refractivity contribution in [3.8, 4) is 11.1 Å². The molecule has 0 radical (unpaired) electrons. The van der Waals surface area contributed by atoms with Gasteiger partial charge in [-0.05, 0) is 48.4 Å². The van der Waals surface area contributed by atoms with Crippen molar-refractivity contribution < 1.29 is 8.81 Å². The number of benzene rings is 3. The summed E-state index contributed by atoms with van der Waals surface area (Å²) >= 11 is 0. The third kappa shape index (κ3) is 2.78. The average molecular weight is 398 g/mol. The number of fused-ring (bicyclic) bond motifs is 3. The summed E-state index contributed by atoms with van der Waals surface area (Å²) in [4.78, 5) is 13.3. The Bertz CT molecular complexity index is 1460. The van der Waals surface area contributed by atoms with Crippen LogP contribution < -0.4 is 10.9 Å². The molecule has 4 nitrogen and oxygen atoms in total. The monoisotopic (exact) mass is 398 g/mol. The first-order valence-electron chi connectivity index (χ1n) is 9.67. The maximum absolute atomic E-state index is 13.6. The number of hydrogen-bond acceptors (Lipinski definition) is 3. The van der Waals surface area contributed by atoms with Gasteiger partial charge in [-0.15, -0.1) is 0 Å². The topological polar surface area (TPSA) is 47.2 Å². The quantitative estimate of drug-likeness (QED) is 0.397. The maximum Gasteiger partial charge on any atom is 0.262 e. The van der Waals surface area contributed by atoms with Crippen LogP contribution in [0.1, 0.15) is 5.56 Å². The Labute approximate surface area is 172 Å². The fourth-order valence-electron chi connectivity index (χ4n) is 3.88. The number of pyridine rings is 1. The second-order valence-electron chi connectivity index (χ2n) is 7.34. The Morgan fingerprint density at radius 3 is 2.40 bits per heavy atom. The molecule has 5 heteroatoms. The molecular formula is C25H19FN2O2. The molecule has 0 saturated carbocycles. The zero-order valence-electron chi connectivity index (χ0n) is 16.6. The van der Waals surface area contributed by atoms with Gasteiger partial charge in [0.25, 0.3) is 5.56 Å². The molecule has 0 aliphatic carbocycles. The summed E-state index contributed by atoms with van der Waals surface area (Å²) in [5, 5.41) is 4.66. The van der Waals surface area contributed by atoms with Gasteiger partial charge in [0.05, 0.1) is 16.5 Å². The molecule has 5 rings (SSSR count). The van der Waals surface area contributed by atoms with E-state index in [0.29, 0.717) is 28.0 Å². The van der Waals surface area contributed by atoms with Gasteiger partial charge >= 0.3 is 0 Å². The van der Waals surface area contributed by atoms with E-state index in [-0.39, 0.29) is 11.4 Å². The first kappa shape index (κ1) is 18.2. The fourth-order valence-corrected chi connectivity index (χ4v) is 3.88. The number of halogens is 1. The highest BCUT2D eigenvalue weighted by atomic mass is 19.1. The van der Waals surface area contributed by atoms with Gasteiger partial charge in [-0.2, -0.15) is 0 Å². The summed E-state index contributed by atoms with van der Waals surface area (Å²) in [7, 11) is 1.75. The predicted octanol–water partition coefficient (Wildman–Crippen LogP) is 6.14. The van der Waals surface area contributed by atoms with E-state index in [4.69, 9.17) is 4.42 Å². The molecule has 0 aliphatic heterocycles. The SMILES string of the molecule is Cc1ccccc1Nc1oc2c(c1-c1ccc(F)cc1)c(=O)n(C)c1ccccc21. The number of nitrogens with one attached hydrogen (secondary N) is 1. The van der Waals surface area contributed by atoms with Crippen molar-refractivity contribution in [2.45, 2.75) is 6.92 Å². The van der Waals surface area contributed by atoms with Crippen molar-refractivity contribution in [1.29, 1.82) is 0 Å². The fraction of sp³-hybridized carbons (Fsp3) is 0.0800. The lowest BCUT2D eigenvalue weighted by Gasteiger charge is -2.09. The third-order valence-electron chi connectivity index (χ3n) is 5.46. The minimum absolute atomic E-state index is 0.162. The van der Waals surface area contributed by atoms with Crippen molar-refractivity contribution in [1.82, 2.24) is 4.57 Å². The Morgan fingerprint density at radius 2 is 1.63 bits per heavy atom. The molecule has 148 valence electrons. The van der Waals surface area contributed by atoms with E-state index in [1.807, 2.05) is 55.5 Å². The van der Waals surface area contributed by atoms with E-state index >= 15 is 0 Å². The Balaban J connectivity index is 1.89. The summed E-state index contributed by atoms with van der Waals surface area (Å²) < 4.78 is 21.5. The van der Waals surface area contributed by atoms with Crippen LogP contribution in [0.15, 0.2) is 82.0 Å². The summed E-state index contributed by atoms with van der Waals surface area (Å²) in [6.45, 7) is 2.00. The smallest absolute Gasteiger partial charge is 0.262 e. The first-order chi connectivity index (χ1) is 14.5. The molecule has 2 heterocycles. The number of anilines is 2. The summed E-state index contributed by atoms with van der Waals surface area (Å²) in [5.74, 6) is 0.123. The predicted molar refractivity (Wildman–Crippen MR) is 119 cm³/mol. The highest BCUT2D eigenvalue weighted by molar-refractivity contribution is 6.11. The molecule has 0 atom stereocenters. The van der Waals surface area contributed by atoms with Crippen molar-refractivity contribution in [2.75, 3.05) is 5.32 Å². The van der Waals surface area contributed by atoms with E-state index in [0.717, 1.165) is 22.2 Å². The normalized spacial score (nSPS) is 11.3. The van der Waals surface area contributed by atoms with E-state index < -0.39 is 0 Å². The number of aryl methyl sites for hydroxylation is 2. The highest BCUT2D eigenvalue weighted by Gasteiger charge is 2.23. The highest BCUT2D eigenvalue weighted by Crippen LogP contribution is 2.41. The number of hydrogen-bond donors (Lipinski definition) is 1. The molecule has 0 aliphatic rings. The molecule has 0 bridgehead atoms. The molecule has 0 amide bonds. The number of nitrogens with zero attached hydrogens (tertiary/aromatic N) is 1. The van der Waals surface area contributed by atoms with E-state index in [2.05, 4.69) is 5.32 Å². The largest absolute Gasteiger partial charge is 0.439 e. The molecule has 0 unspecified atom stereocenters. The number of rotatable bonds is 3. The molecular weight excluding hydrogens is 379 g/mol. The average Bonchev–Trinajstić information content (AvgIpc) is 3.14. The van der Waals surface area contributed by atoms with Gasteiger partial charge in [0.2, 0.25) is 5.88 Å². The van der Waals surface area contributed by atoms with Gasteiger partial charge < -0.3 is 14.3 Å². The Morgan fingerprint density at radius 1 is 0.933 bits per heavy atom. The molecule has 3 aromatic carbocycles. The minimum Gasteiger partial charge on any atom is -0.439 e. The first-order valence-corrected chi connectivity index (χ1v) is 9.67. The standard InChI is InChI=1S/C25H19FN2O2/c1-15-7-3-5-9-19(15)27-24-21(16-11-13-17(26)14-12-16)22-23(30-24)18-8-4-6-10-20(18)28(2)25(22)29/h3-14,27H,1-2H3. The van der Waals surface area contributed by atoms with Crippen molar-refractivity contribution in [2.24, 2.45) is 7.05 Å². The van der Waals surface area contributed by atoms with Crippen LogP contribution >= 0.6 is 0 Å². The summed E-state index contributed by atoms with van der Waals surface area (Å²) in [5.41, 5.74) is 4.39. The Hall–Kier alpha value is -3.86. The van der Waals surface area contributed by atoms with Crippen molar-refractivity contribution in [3.05, 3.63) is 94.5 Å². The van der Waals surface area contributed by atoms with Crippen molar-refractivity contribution >= 4 is 33.4 Å². The van der Waals surface area contributed by atoms with Gasteiger partial charge in [-0.25, -0.2) is 4.39 Å². The molecule has 30 heavy (non-hydrogen) atoms. The van der Waals surface area contributed by atoms with E-state index in [1.54, 1.807) is 23.7 Å². The van der Waals surface area contributed by atoms with Gasteiger partial charge in [0.15, 0.2) is 5.58 Å². The second kappa shape index (κ2) is 6.88. The van der Waals surface area contributed by atoms with Crippen LogP contribution in [0.2, 0.25) is 0 Å². The van der Waals surface area contributed by atoms with Crippen LogP contribution in [0.3, 0.4) is 0 Å². The number of para-hydroxylation sites is 2. The molecule has 5 aromatic rings. The number of furan rings is 1. The van der Waals surface area contributed by atoms with E-state index in [9.17, 15) is 9.18 Å². The zero-order chi connectivity index (χ0) is 20.8. The van der Waals surface area contributed by atoms with Gasteiger partial charge in [-0.3, -0.25) is 4.79 Å². The molecule has 0 fully saturated rings. The second-order valence-corrected chi connectivity index (χ2v) is 7.34. The van der Waals surface area contributed by atoms with Crippen LogP contribution in [0, 0.1) is 12.7 Å². The maximum atomic E-state index is 13.6. The molecule has 0 saturated heterocycles. The zero-order valence-corrected chi connectivity index (χ0v) is 16.6. The van der Waals surface area contributed by atoms with E-state index in [1.165, 1.54) is 12.1 Å². The van der Waals surface area contributed by atoms with Gasteiger partial charge in [-0.1, -0.05) is 42.5 Å². The third-order valence-corrected chi connectivity index (χ3v) is 5.46. The van der Waals surface area contributed by atoms with Crippen LogP contribution in [0.4, 0.5) is 16.0 Å². The molecule has 0 spiro atoms. The van der Waals surface area contributed by atoms with Crippen LogP contribution in [0.5, 0.6) is 0 Å². The number of aromatic nitrogens is 1. The molecule has 2 aromatic heterocycles.